The summed E-state index contributed by atoms with van der Waals surface area (Å²) in [7, 11) is 0. The molecule has 0 saturated heterocycles. The molecule has 0 aliphatic heterocycles. The first-order chi connectivity index (χ1) is 26.4. The molecule has 12 rings (SSSR count). The van der Waals surface area contributed by atoms with Crippen molar-refractivity contribution in [3.63, 3.8) is 0 Å². The van der Waals surface area contributed by atoms with Gasteiger partial charge in [-0.1, -0.05) is 108 Å². The number of fused-ring (bicyclic) bond motifs is 10. The molecular formula is C54H46. The predicted octanol–water partition coefficient (Wildman–Crippen LogP) is 15.2. The molecule has 0 radical (unpaired) electrons. The third-order valence-electron chi connectivity index (χ3n) is 14.7. The molecule has 0 heteroatoms. The zero-order valence-corrected chi connectivity index (χ0v) is 31.9. The molecule has 0 amide bonds. The van der Waals surface area contributed by atoms with Gasteiger partial charge in [0.15, 0.2) is 0 Å². The molecule has 0 aromatic heterocycles. The maximum Gasteiger partial charge on any atom is -0.00139 e. The van der Waals surface area contributed by atoms with Crippen LogP contribution >= 0.6 is 0 Å². The van der Waals surface area contributed by atoms with Gasteiger partial charge in [0.2, 0.25) is 0 Å². The fourth-order valence-corrected chi connectivity index (χ4v) is 12.2. The molecule has 8 aromatic rings. The van der Waals surface area contributed by atoms with Gasteiger partial charge in [0, 0.05) is 0 Å². The first kappa shape index (κ1) is 31.2. The van der Waals surface area contributed by atoms with E-state index in [4.69, 9.17) is 0 Å². The molecule has 4 atom stereocenters. The van der Waals surface area contributed by atoms with E-state index < -0.39 is 0 Å². The lowest BCUT2D eigenvalue weighted by molar-refractivity contribution is 0.719. The molecule has 2 fully saturated rings. The molecule has 0 heterocycles. The zero-order valence-electron chi connectivity index (χ0n) is 31.9. The molecule has 8 aromatic carbocycles. The Bertz CT molecular complexity index is 2700. The van der Waals surface area contributed by atoms with Gasteiger partial charge < -0.3 is 0 Å². The Hall–Kier alpha value is -5.20. The summed E-state index contributed by atoms with van der Waals surface area (Å²) in [5.74, 6) is 2.83. The molecule has 4 aliphatic carbocycles. The highest BCUT2D eigenvalue weighted by atomic mass is 14.4. The molecule has 0 nitrogen and oxygen atoms in total. The molecule has 4 aliphatic rings. The summed E-state index contributed by atoms with van der Waals surface area (Å²) in [4.78, 5) is 0. The van der Waals surface area contributed by atoms with Crippen molar-refractivity contribution >= 4 is 32.3 Å². The summed E-state index contributed by atoms with van der Waals surface area (Å²) in [6.07, 6.45) is 8.01. The van der Waals surface area contributed by atoms with Crippen molar-refractivity contribution in [1.29, 1.82) is 0 Å². The highest BCUT2D eigenvalue weighted by molar-refractivity contribution is 6.32. The van der Waals surface area contributed by atoms with Gasteiger partial charge in [-0.3, -0.25) is 0 Å². The number of benzene rings is 8. The lowest BCUT2D eigenvalue weighted by atomic mass is 9.78. The summed E-state index contributed by atoms with van der Waals surface area (Å²) in [6, 6.07) is 43.6. The largest absolute Gasteiger partial charge is 0.0613 e. The molecule has 4 unspecified atom stereocenters. The van der Waals surface area contributed by atoms with Crippen LogP contribution in [0.4, 0.5) is 0 Å². The van der Waals surface area contributed by atoms with Gasteiger partial charge >= 0.3 is 0 Å². The highest BCUT2D eigenvalue weighted by Gasteiger charge is 2.40. The van der Waals surface area contributed by atoms with Gasteiger partial charge in [0.05, 0.1) is 0 Å². The van der Waals surface area contributed by atoms with Crippen LogP contribution in [0.25, 0.3) is 76.8 Å². The molecule has 0 spiro atoms. The Labute approximate surface area is 319 Å². The van der Waals surface area contributed by atoms with Crippen molar-refractivity contribution in [3.05, 3.63) is 154 Å². The minimum atomic E-state index is 0.682. The second kappa shape index (κ2) is 11.2. The summed E-state index contributed by atoms with van der Waals surface area (Å²) >= 11 is 0. The quantitative estimate of drug-likeness (QED) is 0.161. The Morgan fingerprint density at radius 1 is 0.352 bits per heavy atom. The van der Waals surface area contributed by atoms with Crippen molar-refractivity contribution in [2.45, 2.75) is 89.9 Å². The SMILES string of the molecule is Cc1ccc(C)c(-c2cc(-c3cccc4c3C3CCC4C3)c3ccc4c(-c5cc(C)ccc5C)cc(-c5cccc6c5C5CCC6C5)c5ccc2c3c45)c1. The molecule has 262 valence electrons. The van der Waals surface area contributed by atoms with Crippen LogP contribution in [0.5, 0.6) is 0 Å². The lowest BCUT2D eigenvalue weighted by Crippen LogP contribution is -2.02. The zero-order chi connectivity index (χ0) is 36.0. The number of hydrogen-bond donors (Lipinski definition) is 0. The number of hydrogen-bond acceptors (Lipinski definition) is 0. The molecule has 4 bridgehead atoms. The monoisotopic (exact) mass is 694 g/mol. The van der Waals surface area contributed by atoms with Crippen LogP contribution in [0.2, 0.25) is 0 Å². The normalized spacial score (nSPS) is 20.9. The predicted molar refractivity (Wildman–Crippen MR) is 230 cm³/mol. The summed E-state index contributed by atoms with van der Waals surface area (Å²) < 4.78 is 0. The van der Waals surface area contributed by atoms with E-state index in [9.17, 15) is 0 Å². The number of aryl methyl sites for hydroxylation is 4. The lowest BCUT2D eigenvalue weighted by Gasteiger charge is -2.25. The van der Waals surface area contributed by atoms with E-state index in [1.165, 1.54) is 138 Å². The average Bonchev–Trinajstić information content (AvgIpc) is 4.02. The third kappa shape index (κ3) is 4.20. The van der Waals surface area contributed by atoms with Gasteiger partial charge in [0.1, 0.15) is 0 Å². The van der Waals surface area contributed by atoms with Crippen LogP contribution in [0.1, 0.15) is 107 Å². The number of rotatable bonds is 4. The van der Waals surface area contributed by atoms with E-state index in [0.717, 1.165) is 11.8 Å². The van der Waals surface area contributed by atoms with Crippen molar-refractivity contribution in [3.8, 4) is 44.5 Å². The van der Waals surface area contributed by atoms with E-state index in [1.54, 1.807) is 22.3 Å². The van der Waals surface area contributed by atoms with Gasteiger partial charge in [-0.25, -0.2) is 0 Å². The standard InChI is InChI=1S/C54H46/c1-29-11-13-31(3)45(23-29)49-27-47(39-9-5-7-37-33-15-17-35(25-33)51(37)39)41-20-22-44-50(46-24-30(2)12-14-32(46)4)28-48(42-19-21-43(49)53(41)54(42)44)40-10-6-8-38-34-16-18-36(26-34)52(38)40/h5-14,19-24,27-28,33-36H,15-18,25-26H2,1-4H3. The van der Waals surface area contributed by atoms with Crippen molar-refractivity contribution in [1.82, 2.24) is 0 Å². The van der Waals surface area contributed by atoms with E-state index in [2.05, 4.69) is 137 Å². The second-order valence-electron chi connectivity index (χ2n) is 17.7. The first-order valence-corrected chi connectivity index (χ1v) is 20.6. The molecular weight excluding hydrogens is 649 g/mol. The van der Waals surface area contributed by atoms with E-state index >= 15 is 0 Å². The highest BCUT2D eigenvalue weighted by Crippen LogP contribution is 2.59. The minimum Gasteiger partial charge on any atom is -0.0613 e. The maximum absolute atomic E-state index is 2.58. The Kier molecular flexibility index (Phi) is 6.45. The van der Waals surface area contributed by atoms with Crippen LogP contribution in [0.15, 0.2) is 109 Å². The van der Waals surface area contributed by atoms with Crippen LogP contribution < -0.4 is 0 Å². The minimum absolute atomic E-state index is 0.682. The fraction of sp³-hybridized carbons (Fsp3) is 0.259. The van der Waals surface area contributed by atoms with Crippen molar-refractivity contribution in [2.24, 2.45) is 0 Å². The fourth-order valence-electron chi connectivity index (χ4n) is 12.2. The Morgan fingerprint density at radius 3 is 1.17 bits per heavy atom. The summed E-state index contributed by atoms with van der Waals surface area (Å²) in [5.41, 5.74) is 23.0. The van der Waals surface area contributed by atoms with Gasteiger partial charge in [-0.2, -0.15) is 0 Å². The van der Waals surface area contributed by atoms with Crippen LogP contribution in [0, 0.1) is 27.7 Å². The molecule has 54 heavy (non-hydrogen) atoms. The third-order valence-corrected chi connectivity index (χ3v) is 14.7. The van der Waals surface area contributed by atoms with Crippen LogP contribution in [0.3, 0.4) is 0 Å². The average molecular weight is 695 g/mol. The molecule has 2 saturated carbocycles. The Morgan fingerprint density at radius 2 is 0.741 bits per heavy atom. The Balaban J connectivity index is 1.26. The van der Waals surface area contributed by atoms with Gasteiger partial charge in [-0.05, 0) is 212 Å². The van der Waals surface area contributed by atoms with Crippen LogP contribution in [-0.2, 0) is 0 Å². The smallest absolute Gasteiger partial charge is 0.00139 e. The topological polar surface area (TPSA) is 0 Å². The van der Waals surface area contributed by atoms with E-state index in [-0.39, 0.29) is 0 Å². The van der Waals surface area contributed by atoms with Gasteiger partial charge in [0.25, 0.3) is 0 Å². The summed E-state index contributed by atoms with van der Waals surface area (Å²) in [6.45, 7) is 9.08. The van der Waals surface area contributed by atoms with Gasteiger partial charge in [-0.15, -0.1) is 0 Å². The second-order valence-corrected chi connectivity index (χ2v) is 17.7. The van der Waals surface area contributed by atoms with E-state index in [0.29, 0.717) is 11.8 Å². The van der Waals surface area contributed by atoms with Crippen LogP contribution in [-0.4, -0.2) is 0 Å². The van der Waals surface area contributed by atoms with Crippen molar-refractivity contribution in [2.75, 3.05) is 0 Å². The van der Waals surface area contributed by atoms with E-state index in [1.807, 2.05) is 0 Å². The first-order valence-electron chi connectivity index (χ1n) is 20.6. The van der Waals surface area contributed by atoms with Crippen molar-refractivity contribution < 1.29 is 0 Å². The molecule has 0 N–H and O–H groups in total. The maximum atomic E-state index is 2.58. The summed E-state index contributed by atoms with van der Waals surface area (Å²) in [5, 5.41) is 8.40.